The van der Waals surface area contributed by atoms with Crippen molar-refractivity contribution in [3.8, 4) is 17.0 Å². The summed E-state index contributed by atoms with van der Waals surface area (Å²) < 4.78 is 5.43. The maximum atomic E-state index is 13.4. The molecule has 3 N–H and O–H groups in total. The van der Waals surface area contributed by atoms with Crippen molar-refractivity contribution in [2.24, 2.45) is 0 Å². The largest absolute Gasteiger partial charge is 0.496 e. The Kier molecular flexibility index (Phi) is 9.12. The van der Waals surface area contributed by atoms with Crippen LogP contribution in [0.1, 0.15) is 23.7 Å². The molecule has 0 fully saturated rings. The van der Waals surface area contributed by atoms with E-state index in [1.54, 1.807) is 19.2 Å². The van der Waals surface area contributed by atoms with Crippen LogP contribution in [0.5, 0.6) is 5.75 Å². The van der Waals surface area contributed by atoms with Gasteiger partial charge in [-0.05, 0) is 42.0 Å². The number of hydrogen-bond donors (Lipinski definition) is 3. The number of ether oxygens (including phenoxy) is 1. The summed E-state index contributed by atoms with van der Waals surface area (Å²) >= 11 is 2.71. The van der Waals surface area contributed by atoms with Crippen molar-refractivity contribution in [2.75, 3.05) is 17.7 Å². The molecule has 1 atom stereocenters. The van der Waals surface area contributed by atoms with Crippen LogP contribution < -0.4 is 15.4 Å². The van der Waals surface area contributed by atoms with Gasteiger partial charge in [0.15, 0.2) is 5.13 Å². The molecule has 194 valence electrons. The van der Waals surface area contributed by atoms with Crippen molar-refractivity contribution in [1.29, 1.82) is 0 Å². The molecule has 0 aliphatic heterocycles. The second-order valence-electron chi connectivity index (χ2n) is 8.10. The van der Waals surface area contributed by atoms with Crippen molar-refractivity contribution >= 4 is 51.7 Å². The van der Waals surface area contributed by atoms with Crippen LogP contribution in [-0.4, -0.2) is 35.0 Å². The van der Waals surface area contributed by atoms with Crippen molar-refractivity contribution in [1.82, 2.24) is 4.98 Å². The van der Waals surface area contributed by atoms with E-state index in [-0.39, 0.29) is 24.7 Å². The summed E-state index contributed by atoms with van der Waals surface area (Å²) in [5, 5.41) is 16.2. The number of hydrogen-bond acceptors (Lipinski definition) is 7. The zero-order chi connectivity index (χ0) is 26.9. The smallest absolute Gasteiger partial charge is 0.303 e. The Labute approximate surface area is 228 Å². The fourth-order valence-electron chi connectivity index (χ4n) is 3.58. The van der Waals surface area contributed by atoms with Crippen molar-refractivity contribution in [3.05, 3.63) is 89.8 Å². The highest BCUT2D eigenvalue weighted by Crippen LogP contribution is 2.38. The number of carboxylic acid groups (broad SMARTS) is 1. The van der Waals surface area contributed by atoms with E-state index in [0.717, 1.165) is 16.0 Å². The lowest BCUT2D eigenvalue weighted by Crippen LogP contribution is -2.19. The molecule has 1 heterocycles. The predicted molar refractivity (Wildman–Crippen MR) is 150 cm³/mol. The van der Waals surface area contributed by atoms with Gasteiger partial charge in [0, 0.05) is 27.9 Å². The van der Waals surface area contributed by atoms with Gasteiger partial charge in [-0.2, -0.15) is 0 Å². The van der Waals surface area contributed by atoms with Crippen LogP contribution in [0.25, 0.3) is 11.3 Å². The van der Waals surface area contributed by atoms with Crippen LogP contribution in [0.15, 0.2) is 89.1 Å². The van der Waals surface area contributed by atoms with Gasteiger partial charge in [0.05, 0.1) is 19.2 Å². The number of aromatic nitrogens is 1. The summed E-state index contributed by atoms with van der Waals surface area (Å²) in [6, 6.07) is 24.1. The van der Waals surface area contributed by atoms with Crippen LogP contribution in [-0.2, 0) is 14.4 Å². The summed E-state index contributed by atoms with van der Waals surface area (Å²) in [4.78, 5) is 41.4. The molecule has 38 heavy (non-hydrogen) atoms. The number of aliphatic carboxylic acids is 1. The number of thiazole rings is 1. The minimum absolute atomic E-state index is 0.0996. The average molecular weight is 548 g/mol. The molecule has 0 radical (unpaired) electrons. The fraction of sp³-hybridized carbons (Fsp3) is 0.143. The van der Waals surface area contributed by atoms with E-state index < -0.39 is 11.2 Å². The Bertz CT molecular complexity index is 1410. The van der Waals surface area contributed by atoms with E-state index in [0.29, 0.717) is 22.3 Å². The van der Waals surface area contributed by atoms with Crippen LogP contribution >= 0.6 is 23.1 Å². The SMILES string of the molecule is COc1ccccc1-c1csc(NC(=O)C(Sc2ccc(NC(=O)CCC(=O)O)cc2)c2ccccc2)n1. The third-order valence-electron chi connectivity index (χ3n) is 5.42. The van der Waals surface area contributed by atoms with Gasteiger partial charge in [-0.1, -0.05) is 42.5 Å². The van der Waals surface area contributed by atoms with E-state index in [2.05, 4.69) is 15.6 Å². The Morgan fingerprint density at radius 2 is 1.66 bits per heavy atom. The van der Waals surface area contributed by atoms with Crippen molar-refractivity contribution in [3.63, 3.8) is 0 Å². The summed E-state index contributed by atoms with van der Waals surface area (Å²) in [6.07, 6.45) is -0.329. The number of methoxy groups -OCH3 is 1. The first-order valence-electron chi connectivity index (χ1n) is 11.7. The first kappa shape index (κ1) is 26.9. The standard InChI is InChI=1S/C28H25N3O5S2/c1-36-23-10-6-5-9-21(23)22-17-37-28(30-22)31-27(35)26(18-7-3-2-4-8-18)38-20-13-11-19(12-14-20)29-24(32)15-16-25(33)34/h2-14,17,26H,15-16H2,1H3,(H,29,32)(H,33,34)(H,30,31,35). The molecule has 0 aliphatic rings. The molecule has 0 saturated heterocycles. The average Bonchev–Trinajstić information content (AvgIpc) is 3.40. The van der Waals surface area contributed by atoms with Gasteiger partial charge in [0.25, 0.3) is 0 Å². The number of anilines is 2. The van der Waals surface area contributed by atoms with Gasteiger partial charge in [0.1, 0.15) is 11.0 Å². The number of carbonyl (C=O) groups is 3. The topological polar surface area (TPSA) is 118 Å². The molecule has 4 aromatic rings. The number of carboxylic acids is 1. The maximum absolute atomic E-state index is 13.4. The zero-order valence-corrected chi connectivity index (χ0v) is 22.1. The molecule has 1 unspecified atom stereocenters. The highest BCUT2D eigenvalue weighted by atomic mass is 32.2. The quantitative estimate of drug-likeness (QED) is 0.194. The number of thioether (sulfide) groups is 1. The lowest BCUT2D eigenvalue weighted by atomic mass is 10.1. The van der Waals surface area contributed by atoms with Crippen LogP contribution in [0.3, 0.4) is 0 Å². The second kappa shape index (κ2) is 12.9. The first-order chi connectivity index (χ1) is 18.4. The molecule has 0 bridgehead atoms. The first-order valence-corrected chi connectivity index (χ1v) is 13.4. The molecule has 10 heteroatoms. The summed E-state index contributed by atoms with van der Waals surface area (Å²) in [7, 11) is 1.61. The summed E-state index contributed by atoms with van der Waals surface area (Å²) in [5.74, 6) is -0.903. The highest BCUT2D eigenvalue weighted by molar-refractivity contribution is 8.00. The van der Waals surface area contributed by atoms with E-state index in [9.17, 15) is 14.4 Å². The van der Waals surface area contributed by atoms with Crippen molar-refractivity contribution in [2.45, 2.75) is 23.0 Å². The zero-order valence-electron chi connectivity index (χ0n) is 20.4. The minimum Gasteiger partial charge on any atom is -0.496 e. The monoisotopic (exact) mass is 547 g/mol. The number of rotatable bonds is 11. The molecule has 2 amide bonds. The molecule has 1 aromatic heterocycles. The maximum Gasteiger partial charge on any atom is 0.303 e. The van der Waals surface area contributed by atoms with E-state index in [1.807, 2.05) is 72.1 Å². The van der Waals surface area contributed by atoms with Gasteiger partial charge >= 0.3 is 5.97 Å². The lowest BCUT2D eigenvalue weighted by Gasteiger charge is -2.16. The number of carbonyl (C=O) groups excluding carboxylic acids is 2. The Balaban J connectivity index is 1.47. The van der Waals surface area contributed by atoms with Gasteiger partial charge < -0.3 is 20.5 Å². The molecule has 0 aliphatic carbocycles. The van der Waals surface area contributed by atoms with Crippen LogP contribution in [0.4, 0.5) is 10.8 Å². The van der Waals surface area contributed by atoms with Gasteiger partial charge in [-0.3, -0.25) is 14.4 Å². The molecular formula is C28H25N3O5S2. The third kappa shape index (κ3) is 7.21. The number of nitrogens with zero attached hydrogens (tertiary/aromatic N) is 1. The van der Waals surface area contributed by atoms with Gasteiger partial charge in [0.2, 0.25) is 11.8 Å². The molecule has 4 rings (SSSR count). The molecule has 8 nitrogen and oxygen atoms in total. The summed E-state index contributed by atoms with van der Waals surface area (Å²) in [6.45, 7) is 0. The number of nitrogens with one attached hydrogen (secondary N) is 2. The third-order valence-corrected chi connectivity index (χ3v) is 7.44. The Morgan fingerprint density at radius 1 is 0.947 bits per heavy atom. The van der Waals surface area contributed by atoms with E-state index in [1.165, 1.54) is 23.1 Å². The molecule has 0 spiro atoms. The summed E-state index contributed by atoms with van der Waals surface area (Å²) in [5.41, 5.74) is 2.95. The van der Waals surface area contributed by atoms with E-state index in [4.69, 9.17) is 9.84 Å². The Morgan fingerprint density at radius 3 is 2.37 bits per heavy atom. The van der Waals surface area contributed by atoms with Gasteiger partial charge in [-0.15, -0.1) is 23.1 Å². The van der Waals surface area contributed by atoms with Crippen LogP contribution in [0, 0.1) is 0 Å². The highest BCUT2D eigenvalue weighted by Gasteiger charge is 2.23. The minimum atomic E-state index is -1.02. The number of amides is 2. The van der Waals surface area contributed by atoms with E-state index >= 15 is 0 Å². The fourth-order valence-corrected chi connectivity index (χ4v) is 5.32. The normalized spacial score (nSPS) is 11.4. The molecule has 3 aromatic carbocycles. The molecule has 0 saturated carbocycles. The number of benzene rings is 3. The second-order valence-corrected chi connectivity index (χ2v) is 10.1. The number of para-hydroxylation sites is 1. The lowest BCUT2D eigenvalue weighted by molar-refractivity contribution is -0.138. The van der Waals surface area contributed by atoms with Gasteiger partial charge in [-0.25, -0.2) is 4.98 Å². The Hall–Kier alpha value is -4.15. The predicted octanol–water partition coefficient (Wildman–Crippen LogP) is 6.09. The van der Waals surface area contributed by atoms with Crippen LogP contribution in [0.2, 0.25) is 0 Å². The van der Waals surface area contributed by atoms with Crippen molar-refractivity contribution < 1.29 is 24.2 Å². The molecular weight excluding hydrogens is 522 g/mol.